The second-order valence-electron chi connectivity index (χ2n) is 4.63. The summed E-state index contributed by atoms with van der Waals surface area (Å²) in [5.74, 6) is 0.732. The average molecular weight is 256 g/mol. The summed E-state index contributed by atoms with van der Waals surface area (Å²) < 4.78 is 0. The van der Waals surface area contributed by atoms with E-state index in [1.54, 1.807) is 6.20 Å². The Hall–Kier alpha value is -0.870. The predicted octanol–water partition coefficient (Wildman–Crippen LogP) is 2.54. The summed E-state index contributed by atoms with van der Waals surface area (Å²) in [4.78, 5) is 8.09. The SMILES string of the molecule is Cc1cnc(Cl)nc1NC1CCCCCC1O. The smallest absolute Gasteiger partial charge is 0.224 e. The van der Waals surface area contributed by atoms with Crippen molar-refractivity contribution >= 4 is 17.4 Å². The molecule has 17 heavy (non-hydrogen) atoms. The average Bonchev–Trinajstić information content (AvgIpc) is 2.50. The Morgan fingerprint density at radius 2 is 2.12 bits per heavy atom. The molecule has 4 nitrogen and oxygen atoms in total. The molecule has 2 unspecified atom stereocenters. The third-order valence-electron chi connectivity index (χ3n) is 3.24. The van der Waals surface area contributed by atoms with Crippen LogP contribution in [0.4, 0.5) is 5.82 Å². The number of hydrogen-bond acceptors (Lipinski definition) is 4. The molecule has 94 valence electrons. The van der Waals surface area contributed by atoms with Crippen LogP contribution in [0.5, 0.6) is 0 Å². The molecule has 2 atom stereocenters. The van der Waals surface area contributed by atoms with Gasteiger partial charge in [-0.2, -0.15) is 0 Å². The quantitative estimate of drug-likeness (QED) is 0.630. The standard InChI is InChI=1S/C12H18ClN3O/c1-8-7-14-12(13)16-11(8)15-9-5-3-2-4-6-10(9)17/h7,9-10,17H,2-6H2,1H3,(H,14,15,16). The number of rotatable bonds is 2. The van der Waals surface area contributed by atoms with Gasteiger partial charge in [0.2, 0.25) is 5.28 Å². The molecule has 2 N–H and O–H groups in total. The molecule has 0 spiro atoms. The topological polar surface area (TPSA) is 58.0 Å². The lowest BCUT2D eigenvalue weighted by atomic mass is 10.1. The normalized spacial score (nSPS) is 25.4. The lowest BCUT2D eigenvalue weighted by Gasteiger charge is -2.23. The van der Waals surface area contributed by atoms with Gasteiger partial charge in [-0.1, -0.05) is 19.3 Å². The lowest BCUT2D eigenvalue weighted by Crippen LogP contribution is -2.33. The van der Waals surface area contributed by atoms with Crippen molar-refractivity contribution in [2.45, 2.75) is 51.2 Å². The van der Waals surface area contributed by atoms with Crippen molar-refractivity contribution in [1.82, 2.24) is 9.97 Å². The molecule has 1 fully saturated rings. The maximum Gasteiger partial charge on any atom is 0.224 e. The van der Waals surface area contributed by atoms with Gasteiger partial charge in [0.1, 0.15) is 5.82 Å². The van der Waals surface area contributed by atoms with Crippen molar-refractivity contribution in [1.29, 1.82) is 0 Å². The Balaban J connectivity index is 2.10. The van der Waals surface area contributed by atoms with E-state index in [0.29, 0.717) is 0 Å². The Bertz CT molecular complexity index is 386. The minimum atomic E-state index is -0.300. The van der Waals surface area contributed by atoms with E-state index >= 15 is 0 Å². The van der Waals surface area contributed by atoms with Gasteiger partial charge in [-0.25, -0.2) is 9.97 Å². The molecule has 0 aromatic carbocycles. The van der Waals surface area contributed by atoms with Gasteiger partial charge in [0, 0.05) is 11.8 Å². The van der Waals surface area contributed by atoms with E-state index in [4.69, 9.17) is 11.6 Å². The van der Waals surface area contributed by atoms with Gasteiger partial charge in [-0.15, -0.1) is 0 Å². The highest BCUT2D eigenvalue weighted by Gasteiger charge is 2.22. The largest absolute Gasteiger partial charge is 0.391 e. The Labute approximate surface area is 106 Å². The van der Waals surface area contributed by atoms with Gasteiger partial charge in [-0.3, -0.25) is 0 Å². The van der Waals surface area contributed by atoms with Crippen LogP contribution in [0.25, 0.3) is 0 Å². The first-order valence-electron chi connectivity index (χ1n) is 6.10. The minimum Gasteiger partial charge on any atom is -0.391 e. The fraction of sp³-hybridized carbons (Fsp3) is 0.667. The van der Waals surface area contributed by atoms with Crippen LogP contribution in [0.1, 0.15) is 37.7 Å². The van der Waals surface area contributed by atoms with E-state index in [9.17, 15) is 5.11 Å². The molecule has 0 saturated heterocycles. The molecule has 1 aliphatic carbocycles. The molecular weight excluding hydrogens is 238 g/mol. The summed E-state index contributed by atoms with van der Waals surface area (Å²) in [6.45, 7) is 1.93. The molecule has 0 amide bonds. The summed E-state index contributed by atoms with van der Waals surface area (Å²) in [5.41, 5.74) is 0.950. The molecule has 1 aromatic heterocycles. The Morgan fingerprint density at radius 1 is 1.35 bits per heavy atom. The molecule has 0 aliphatic heterocycles. The molecule has 5 heteroatoms. The molecule has 1 heterocycles. The number of aliphatic hydroxyl groups is 1. The van der Waals surface area contributed by atoms with Crippen molar-refractivity contribution < 1.29 is 5.11 Å². The fourth-order valence-corrected chi connectivity index (χ4v) is 2.33. The molecule has 1 aromatic rings. The molecule has 0 bridgehead atoms. The van der Waals surface area contributed by atoms with Gasteiger partial charge in [0.25, 0.3) is 0 Å². The minimum absolute atomic E-state index is 0.0715. The summed E-state index contributed by atoms with van der Waals surface area (Å²) in [7, 11) is 0. The number of halogens is 1. The molecule has 0 radical (unpaired) electrons. The van der Waals surface area contributed by atoms with Gasteiger partial charge in [-0.05, 0) is 31.4 Å². The first-order chi connectivity index (χ1) is 8.16. The molecule has 2 rings (SSSR count). The maximum atomic E-state index is 10.0. The van der Waals surface area contributed by atoms with E-state index < -0.39 is 0 Å². The van der Waals surface area contributed by atoms with Gasteiger partial charge < -0.3 is 10.4 Å². The van der Waals surface area contributed by atoms with E-state index in [1.807, 2.05) is 6.92 Å². The third kappa shape index (κ3) is 3.30. The van der Waals surface area contributed by atoms with Crippen molar-refractivity contribution in [2.75, 3.05) is 5.32 Å². The summed E-state index contributed by atoms with van der Waals surface area (Å²) in [6.07, 6.45) is 6.66. The van der Waals surface area contributed by atoms with E-state index in [-0.39, 0.29) is 17.4 Å². The lowest BCUT2D eigenvalue weighted by molar-refractivity contribution is 0.144. The first kappa shape index (κ1) is 12.6. The second-order valence-corrected chi connectivity index (χ2v) is 4.96. The van der Waals surface area contributed by atoms with Crippen molar-refractivity contribution in [2.24, 2.45) is 0 Å². The zero-order valence-electron chi connectivity index (χ0n) is 9.99. The summed E-state index contributed by atoms with van der Waals surface area (Å²) >= 11 is 5.78. The van der Waals surface area contributed by atoms with Crippen LogP contribution in [-0.4, -0.2) is 27.2 Å². The van der Waals surface area contributed by atoms with Crippen LogP contribution in [-0.2, 0) is 0 Å². The number of aromatic nitrogens is 2. The highest BCUT2D eigenvalue weighted by atomic mass is 35.5. The Morgan fingerprint density at radius 3 is 2.94 bits per heavy atom. The van der Waals surface area contributed by atoms with Crippen LogP contribution in [0.15, 0.2) is 6.20 Å². The van der Waals surface area contributed by atoms with Gasteiger partial charge in [0.05, 0.1) is 12.1 Å². The van der Waals surface area contributed by atoms with Crippen LogP contribution < -0.4 is 5.32 Å². The number of aryl methyl sites for hydroxylation is 1. The fourth-order valence-electron chi connectivity index (χ4n) is 2.20. The van der Waals surface area contributed by atoms with E-state index in [0.717, 1.165) is 37.1 Å². The highest BCUT2D eigenvalue weighted by Crippen LogP contribution is 2.22. The number of hydrogen-bond donors (Lipinski definition) is 2. The molecule has 1 saturated carbocycles. The van der Waals surface area contributed by atoms with Crippen molar-refractivity contribution in [3.63, 3.8) is 0 Å². The zero-order chi connectivity index (χ0) is 12.3. The van der Waals surface area contributed by atoms with E-state index in [1.165, 1.54) is 6.42 Å². The van der Waals surface area contributed by atoms with Crippen LogP contribution in [0.2, 0.25) is 5.28 Å². The summed E-state index contributed by atoms with van der Waals surface area (Å²) in [6, 6.07) is 0.0715. The van der Waals surface area contributed by atoms with Crippen LogP contribution >= 0.6 is 11.6 Å². The monoisotopic (exact) mass is 255 g/mol. The van der Waals surface area contributed by atoms with Crippen molar-refractivity contribution in [3.05, 3.63) is 17.0 Å². The number of nitrogens with zero attached hydrogens (tertiary/aromatic N) is 2. The number of aliphatic hydroxyl groups excluding tert-OH is 1. The van der Waals surface area contributed by atoms with Crippen LogP contribution in [0.3, 0.4) is 0 Å². The number of anilines is 1. The van der Waals surface area contributed by atoms with Crippen molar-refractivity contribution in [3.8, 4) is 0 Å². The number of nitrogens with one attached hydrogen (secondary N) is 1. The predicted molar refractivity (Wildman–Crippen MR) is 68.3 cm³/mol. The highest BCUT2D eigenvalue weighted by molar-refractivity contribution is 6.28. The van der Waals surface area contributed by atoms with Gasteiger partial charge >= 0.3 is 0 Å². The zero-order valence-corrected chi connectivity index (χ0v) is 10.7. The maximum absolute atomic E-state index is 10.0. The Kier molecular flexibility index (Phi) is 4.18. The second kappa shape index (κ2) is 5.65. The molecule has 1 aliphatic rings. The molecular formula is C12H18ClN3O. The summed E-state index contributed by atoms with van der Waals surface area (Å²) in [5, 5.41) is 13.6. The van der Waals surface area contributed by atoms with E-state index in [2.05, 4.69) is 15.3 Å². The van der Waals surface area contributed by atoms with Crippen LogP contribution in [0, 0.1) is 6.92 Å². The van der Waals surface area contributed by atoms with Gasteiger partial charge in [0.15, 0.2) is 0 Å². The third-order valence-corrected chi connectivity index (χ3v) is 3.43. The first-order valence-corrected chi connectivity index (χ1v) is 6.48.